The second kappa shape index (κ2) is 10.7. The molecule has 2 aromatic rings. The predicted octanol–water partition coefficient (Wildman–Crippen LogP) is 3.90. The van der Waals surface area contributed by atoms with E-state index in [-0.39, 0.29) is 30.2 Å². The number of hydrogen-bond acceptors (Lipinski definition) is 5. The molecule has 2 atom stereocenters. The van der Waals surface area contributed by atoms with Crippen LogP contribution in [0.4, 0.5) is 13.2 Å². The third-order valence-corrected chi connectivity index (χ3v) is 7.84. The molecule has 1 aliphatic carbocycles. The lowest BCUT2D eigenvalue weighted by Gasteiger charge is -2.37. The molecule has 1 saturated carbocycles. The van der Waals surface area contributed by atoms with E-state index in [0.29, 0.717) is 18.6 Å². The van der Waals surface area contributed by atoms with Gasteiger partial charge in [-0.3, -0.25) is 19.5 Å². The lowest BCUT2D eigenvalue weighted by Crippen LogP contribution is -2.46. The number of benzene rings is 1. The molecule has 1 aromatic heterocycles. The first kappa shape index (κ1) is 25.5. The Kier molecular flexibility index (Phi) is 7.37. The molecule has 10 heteroatoms. The van der Waals surface area contributed by atoms with Crippen LogP contribution in [0.3, 0.4) is 0 Å². The topological polar surface area (TPSA) is 74.8 Å². The molecule has 1 N–H and O–H groups in total. The van der Waals surface area contributed by atoms with Crippen LogP contribution < -0.4 is 10.1 Å². The Morgan fingerprint density at radius 2 is 1.78 bits per heavy atom. The molecule has 3 aliphatic rings. The minimum atomic E-state index is -4.53. The average Bonchev–Trinajstić information content (AvgIpc) is 3.50. The first-order valence-corrected chi connectivity index (χ1v) is 12.9. The molecule has 37 heavy (non-hydrogen) atoms. The molecular formula is C27H31F3N4O3. The third kappa shape index (κ3) is 5.74. The number of amides is 2. The maximum absolute atomic E-state index is 12.9. The van der Waals surface area contributed by atoms with Gasteiger partial charge in [0.1, 0.15) is 5.75 Å². The maximum Gasteiger partial charge on any atom is 0.416 e. The molecule has 2 aliphatic heterocycles. The van der Waals surface area contributed by atoms with Gasteiger partial charge in [-0.25, -0.2) is 0 Å². The highest BCUT2D eigenvalue weighted by Crippen LogP contribution is 2.37. The number of likely N-dealkylation sites (tertiary alicyclic amines) is 2. The lowest BCUT2D eigenvalue weighted by molar-refractivity contribution is -0.137. The first-order valence-electron chi connectivity index (χ1n) is 12.9. The van der Waals surface area contributed by atoms with Gasteiger partial charge in [0.15, 0.2) is 0 Å². The SMILES string of the molecule is O=C(NCC(=O)N1CCC2C1CCN2[C@H]1CC[C@@H](Oc2cccnc2)CC1)c1cccc(C(F)(F)F)c1. The largest absolute Gasteiger partial charge is 0.489 e. The zero-order valence-corrected chi connectivity index (χ0v) is 20.5. The summed E-state index contributed by atoms with van der Waals surface area (Å²) in [6, 6.07) is 8.91. The van der Waals surface area contributed by atoms with Crippen molar-refractivity contribution in [2.75, 3.05) is 19.6 Å². The molecule has 2 unspecified atom stereocenters. The summed E-state index contributed by atoms with van der Waals surface area (Å²) in [5.74, 6) is -0.0750. The van der Waals surface area contributed by atoms with Gasteiger partial charge in [0.25, 0.3) is 5.91 Å². The fourth-order valence-electron chi connectivity index (χ4n) is 6.08. The van der Waals surface area contributed by atoms with Crippen LogP contribution in [-0.4, -0.2) is 70.5 Å². The predicted molar refractivity (Wildman–Crippen MR) is 130 cm³/mol. The second-order valence-corrected chi connectivity index (χ2v) is 10.0. The quantitative estimate of drug-likeness (QED) is 0.631. The Labute approximate surface area is 214 Å². The Morgan fingerprint density at radius 1 is 1.00 bits per heavy atom. The number of rotatable bonds is 6. The molecule has 0 spiro atoms. The van der Waals surface area contributed by atoms with Crippen LogP contribution in [0.1, 0.15) is 54.4 Å². The fraction of sp³-hybridized carbons (Fsp3) is 0.519. The third-order valence-electron chi connectivity index (χ3n) is 7.84. The summed E-state index contributed by atoms with van der Waals surface area (Å²) in [6.45, 7) is 1.34. The number of nitrogens with one attached hydrogen (secondary N) is 1. The summed E-state index contributed by atoms with van der Waals surface area (Å²) in [5, 5.41) is 2.50. The van der Waals surface area contributed by atoms with Crippen molar-refractivity contribution in [2.24, 2.45) is 0 Å². The highest BCUT2D eigenvalue weighted by atomic mass is 19.4. The van der Waals surface area contributed by atoms with Gasteiger partial charge in [-0.15, -0.1) is 0 Å². The monoisotopic (exact) mass is 516 g/mol. The number of halogens is 3. The minimum Gasteiger partial charge on any atom is -0.489 e. The van der Waals surface area contributed by atoms with E-state index >= 15 is 0 Å². The molecule has 3 fully saturated rings. The number of carbonyl (C=O) groups is 2. The number of carbonyl (C=O) groups excluding carboxylic acids is 2. The minimum absolute atomic E-state index is 0.113. The Bertz CT molecular complexity index is 1110. The molecule has 198 valence electrons. The van der Waals surface area contributed by atoms with Crippen molar-refractivity contribution in [1.29, 1.82) is 0 Å². The molecule has 2 saturated heterocycles. The van der Waals surface area contributed by atoms with Crippen molar-refractivity contribution in [2.45, 2.75) is 68.9 Å². The molecule has 3 heterocycles. The Hall–Kier alpha value is -3.14. The summed E-state index contributed by atoms with van der Waals surface area (Å²) < 4.78 is 44.9. The summed E-state index contributed by atoms with van der Waals surface area (Å²) >= 11 is 0. The number of ether oxygens (including phenoxy) is 1. The van der Waals surface area contributed by atoms with Crippen LogP contribution >= 0.6 is 0 Å². The maximum atomic E-state index is 12.9. The molecule has 2 amide bonds. The van der Waals surface area contributed by atoms with E-state index in [0.717, 1.165) is 63.0 Å². The van der Waals surface area contributed by atoms with Crippen molar-refractivity contribution < 1.29 is 27.5 Å². The van der Waals surface area contributed by atoms with E-state index in [9.17, 15) is 22.8 Å². The van der Waals surface area contributed by atoms with Gasteiger partial charge in [0.05, 0.1) is 24.4 Å². The molecule has 0 bridgehead atoms. The van der Waals surface area contributed by atoms with E-state index in [4.69, 9.17) is 4.74 Å². The smallest absolute Gasteiger partial charge is 0.416 e. The zero-order valence-electron chi connectivity index (χ0n) is 20.5. The van der Waals surface area contributed by atoms with Gasteiger partial charge in [-0.1, -0.05) is 6.07 Å². The highest BCUT2D eigenvalue weighted by Gasteiger charge is 2.46. The van der Waals surface area contributed by atoms with Gasteiger partial charge < -0.3 is 15.0 Å². The van der Waals surface area contributed by atoms with Crippen LogP contribution in [0.2, 0.25) is 0 Å². The fourth-order valence-corrected chi connectivity index (χ4v) is 6.08. The standard InChI is InChI=1S/C27H31F3N4O3/c28-27(29,30)19-4-1-3-18(15-19)26(36)32-17-25(35)34-14-11-23-24(34)10-13-33(23)20-6-8-21(9-7-20)37-22-5-2-12-31-16-22/h1-5,12,15-16,20-21,23-24H,6-11,13-14,17H2,(H,32,36)/t20-,21+,23?,24?. The normalized spacial score (nSPS) is 26.1. The van der Waals surface area contributed by atoms with Gasteiger partial charge >= 0.3 is 6.18 Å². The number of alkyl halides is 3. The summed E-state index contributed by atoms with van der Waals surface area (Å²) in [4.78, 5) is 33.8. The van der Waals surface area contributed by atoms with E-state index in [1.807, 2.05) is 17.0 Å². The number of aromatic nitrogens is 1. The van der Waals surface area contributed by atoms with Gasteiger partial charge in [-0.2, -0.15) is 13.2 Å². The van der Waals surface area contributed by atoms with Crippen molar-refractivity contribution in [3.05, 3.63) is 59.9 Å². The van der Waals surface area contributed by atoms with Gasteiger partial charge in [-0.05, 0) is 68.9 Å². The van der Waals surface area contributed by atoms with Crippen LogP contribution in [-0.2, 0) is 11.0 Å². The summed E-state index contributed by atoms with van der Waals surface area (Å²) in [6.07, 6.45) is 4.99. The van der Waals surface area contributed by atoms with Crippen LogP contribution in [0.25, 0.3) is 0 Å². The molecule has 1 aromatic carbocycles. The molecule has 7 nitrogen and oxygen atoms in total. The van der Waals surface area contributed by atoms with Crippen LogP contribution in [0.15, 0.2) is 48.8 Å². The molecule has 5 rings (SSSR count). The van der Waals surface area contributed by atoms with E-state index in [1.54, 1.807) is 12.4 Å². The van der Waals surface area contributed by atoms with E-state index < -0.39 is 17.6 Å². The van der Waals surface area contributed by atoms with Crippen molar-refractivity contribution in [3.63, 3.8) is 0 Å². The van der Waals surface area contributed by atoms with Crippen molar-refractivity contribution >= 4 is 11.8 Å². The van der Waals surface area contributed by atoms with Gasteiger partial charge in [0, 0.05) is 43.0 Å². The van der Waals surface area contributed by atoms with Crippen LogP contribution in [0.5, 0.6) is 5.75 Å². The lowest BCUT2D eigenvalue weighted by atomic mass is 9.91. The van der Waals surface area contributed by atoms with Crippen LogP contribution in [0, 0.1) is 0 Å². The zero-order chi connectivity index (χ0) is 26.0. The van der Waals surface area contributed by atoms with Crippen molar-refractivity contribution in [1.82, 2.24) is 20.1 Å². The summed E-state index contributed by atoms with van der Waals surface area (Å²) in [5.41, 5.74) is -1.00. The van der Waals surface area contributed by atoms with E-state index in [1.165, 1.54) is 12.1 Å². The summed E-state index contributed by atoms with van der Waals surface area (Å²) in [7, 11) is 0. The first-order chi connectivity index (χ1) is 17.8. The number of pyridine rings is 1. The average molecular weight is 517 g/mol. The van der Waals surface area contributed by atoms with E-state index in [2.05, 4.69) is 15.2 Å². The van der Waals surface area contributed by atoms with Gasteiger partial charge in [0.2, 0.25) is 5.91 Å². The van der Waals surface area contributed by atoms with Crippen molar-refractivity contribution in [3.8, 4) is 5.75 Å². The Balaban J connectivity index is 1.10. The highest BCUT2D eigenvalue weighted by molar-refractivity contribution is 5.96. The number of fused-ring (bicyclic) bond motifs is 1. The molecule has 0 radical (unpaired) electrons. The number of hydrogen-bond donors (Lipinski definition) is 1. The Morgan fingerprint density at radius 3 is 2.51 bits per heavy atom. The molecular weight excluding hydrogens is 485 g/mol. The number of nitrogens with zero attached hydrogens (tertiary/aromatic N) is 3. The second-order valence-electron chi connectivity index (χ2n) is 10.0.